The molecule has 0 amide bonds. The number of hydrogen-bond donors (Lipinski definition) is 0. The Kier molecular flexibility index (Phi) is 5.43. The van der Waals surface area contributed by atoms with E-state index in [1.807, 2.05) is 0 Å². The Labute approximate surface area is 109 Å². The number of carbonyl (C=O) groups excluding carboxylic acids is 2. The van der Waals surface area contributed by atoms with Gasteiger partial charge in [0.15, 0.2) is 0 Å². The van der Waals surface area contributed by atoms with Crippen molar-refractivity contribution in [3.63, 3.8) is 0 Å². The Hall–Kier alpha value is -1.96. The number of carbonyl (C=O) groups is 2. The maximum absolute atomic E-state index is 11.4. The lowest BCUT2D eigenvalue weighted by Gasteiger charge is -2.12. The lowest BCUT2D eigenvalue weighted by molar-refractivity contribution is -0.225. The van der Waals surface area contributed by atoms with Crippen LogP contribution < -0.4 is 0 Å². The maximum Gasteiger partial charge on any atom is 0.552 e. The fourth-order valence-corrected chi connectivity index (χ4v) is 1.16. The molecular weight excluding hydrogens is 260 g/mol. The van der Waals surface area contributed by atoms with Gasteiger partial charge >= 0.3 is 17.9 Å². The van der Waals surface area contributed by atoms with E-state index < -0.39 is 18.4 Å². The molecule has 0 saturated carbocycles. The summed E-state index contributed by atoms with van der Waals surface area (Å²) < 4.78 is 18.6. The molecule has 0 bridgehead atoms. The molecule has 19 heavy (non-hydrogen) atoms. The van der Waals surface area contributed by atoms with Crippen molar-refractivity contribution < 1.29 is 38.0 Å². The summed E-state index contributed by atoms with van der Waals surface area (Å²) in [7, 11) is 0. The first-order valence-electron chi connectivity index (χ1n) is 5.75. The van der Waals surface area contributed by atoms with Gasteiger partial charge in [-0.3, -0.25) is 9.15 Å². The molecular formula is C11H16O8. The van der Waals surface area contributed by atoms with Crippen LogP contribution in [0.15, 0.2) is 9.15 Å². The van der Waals surface area contributed by atoms with Gasteiger partial charge in [0.05, 0.1) is 0 Å². The summed E-state index contributed by atoms with van der Waals surface area (Å²) in [5.74, 6) is -0.845. The zero-order valence-corrected chi connectivity index (χ0v) is 11.1. The lowest BCUT2D eigenvalue weighted by Crippen LogP contribution is -2.21. The van der Waals surface area contributed by atoms with Crippen molar-refractivity contribution in [2.24, 2.45) is 0 Å². The van der Waals surface area contributed by atoms with Crippen LogP contribution in [0.25, 0.3) is 0 Å². The van der Waals surface area contributed by atoms with Gasteiger partial charge in [-0.25, -0.2) is 14.6 Å². The van der Waals surface area contributed by atoms with Gasteiger partial charge in [0, 0.05) is 12.5 Å². The van der Waals surface area contributed by atoms with Crippen LogP contribution in [-0.4, -0.2) is 25.0 Å². The second-order valence-electron chi connectivity index (χ2n) is 3.86. The molecule has 0 aliphatic rings. The van der Waals surface area contributed by atoms with Crippen LogP contribution in [0.5, 0.6) is 0 Å². The molecule has 1 rings (SSSR count). The van der Waals surface area contributed by atoms with E-state index in [1.165, 1.54) is 6.92 Å². The van der Waals surface area contributed by atoms with E-state index in [9.17, 15) is 9.59 Å². The summed E-state index contributed by atoms with van der Waals surface area (Å²) in [4.78, 5) is 30.9. The standard InChI is InChI=1S/C11H16O8/c1-5-14-7(4)15-11(13)19-18-10(12)9-8(6(2)3)16-17-9/h6-7H,5H2,1-4H3. The predicted molar refractivity (Wildman–Crippen MR) is 59.1 cm³/mol. The summed E-state index contributed by atoms with van der Waals surface area (Å²) in [6.45, 7) is 7.19. The van der Waals surface area contributed by atoms with Crippen LogP contribution in [0, 0.1) is 0 Å². The highest BCUT2D eigenvalue weighted by atomic mass is 17.2. The minimum Gasteiger partial charge on any atom is -0.402 e. The topological polar surface area (TPSA) is 97.3 Å². The molecule has 0 radical (unpaired) electrons. The van der Waals surface area contributed by atoms with Gasteiger partial charge in [0.2, 0.25) is 12.1 Å². The normalized spacial score (nSPS) is 12.3. The first kappa shape index (κ1) is 15.1. The smallest absolute Gasteiger partial charge is 0.402 e. The Morgan fingerprint density at radius 1 is 1.16 bits per heavy atom. The van der Waals surface area contributed by atoms with Gasteiger partial charge < -0.3 is 9.47 Å². The van der Waals surface area contributed by atoms with Gasteiger partial charge in [-0.05, 0) is 13.8 Å². The highest BCUT2D eigenvalue weighted by Gasteiger charge is 2.29. The highest BCUT2D eigenvalue weighted by Crippen LogP contribution is 2.23. The van der Waals surface area contributed by atoms with Crippen molar-refractivity contribution in [2.75, 3.05) is 6.61 Å². The molecule has 8 heteroatoms. The highest BCUT2D eigenvalue weighted by molar-refractivity contribution is 5.87. The SMILES string of the molecule is CCOC(C)OC(=O)OOC(=O)c1ooc1C(C)C. The quantitative estimate of drug-likeness (QED) is 0.350. The molecule has 0 aliphatic carbocycles. The third-order valence-electron chi connectivity index (χ3n) is 2.00. The van der Waals surface area contributed by atoms with Crippen molar-refractivity contribution in [2.45, 2.75) is 39.9 Å². The zero-order chi connectivity index (χ0) is 14.4. The Morgan fingerprint density at radius 3 is 2.32 bits per heavy atom. The van der Waals surface area contributed by atoms with Crippen molar-refractivity contribution in [3.05, 3.63) is 11.5 Å². The first-order valence-corrected chi connectivity index (χ1v) is 5.75. The number of ether oxygens (including phenoxy) is 2. The number of hydrogen-bond acceptors (Lipinski definition) is 8. The van der Waals surface area contributed by atoms with E-state index in [0.29, 0.717) is 12.4 Å². The molecule has 1 heterocycles. The van der Waals surface area contributed by atoms with E-state index in [0.717, 1.165) is 0 Å². The van der Waals surface area contributed by atoms with Crippen molar-refractivity contribution in [3.8, 4) is 0 Å². The average Bonchev–Trinajstić information content (AvgIpc) is 2.24. The van der Waals surface area contributed by atoms with E-state index in [1.54, 1.807) is 20.8 Å². The second-order valence-corrected chi connectivity index (χ2v) is 3.86. The van der Waals surface area contributed by atoms with Crippen LogP contribution in [-0.2, 0) is 19.2 Å². The van der Waals surface area contributed by atoms with Crippen LogP contribution in [0.3, 0.4) is 0 Å². The lowest BCUT2D eigenvalue weighted by atomic mass is 10.1. The van der Waals surface area contributed by atoms with Gasteiger partial charge in [0.25, 0.3) is 0 Å². The summed E-state index contributed by atoms with van der Waals surface area (Å²) in [5.41, 5.74) is 0. The van der Waals surface area contributed by atoms with Crippen LogP contribution in [0.2, 0.25) is 0 Å². The van der Waals surface area contributed by atoms with Crippen LogP contribution in [0.4, 0.5) is 4.79 Å². The fraction of sp³-hybridized carbons (Fsp3) is 0.636. The predicted octanol–water partition coefficient (Wildman–Crippen LogP) is 2.60. The summed E-state index contributed by atoms with van der Waals surface area (Å²) >= 11 is 0. The fourth-order valence-electron chi connectivity index (χ4n) is 1.16. The van der Waals surface area contributed by atoms with Gasteiger partial charge in [-0.15, -0.1) is 0 Å². The zero-order valence-electron chi connectivity index (χ0n) is 11.1. The summed E-state index contributed by atoms with van der Waals surface area (Å²) in [6.07, 6.45) is -1.99. The second kappa shape index (κ2) is 6.83. The molecule has 8 nitrogen and oxygen atoms in total. The molecule has 108 valence electrons. The third-order valence-corrected chi connectivity index (χ3v) is 2.00. The van der Waals surface area contributed by atoms with E-state index >= 15 is 0 Å². The largest absolute Gasteiger partial charge is 0.552 e. The minimum atomic E-state index is -1.19. The van der Waals surface area contributed by atoms with Crippen LogP contribution in [0.1, 0.15) is 49.9 Å². The van der Waals surface area contributed by atoms with Crippen molar-refractivity contribution in [1.82, 2.24) is 0 Å². The third kappa shape index (κ3) is 4.32. The van der Waals surface area contributed by atoms with E-state index in [-0.39, 0.29) is 11.7 Å². The van der Waals surface area contributed by atoms with E-state index in [2.05, 4.69) is 23.7 Å². The molecule has 0 N–H and O–H groups in total. The minimum absolute atomic E-state index is 0.0544. The van der Waals surface area contributed by atoms with Gasteiger partial charge in [-0.2, -0.15) is 4.79 Å². The number of rotatable bonds is 5. The molecule has 0 aliphatic heterocycles. The van der Waals surface area contributed by atoms with Crippen LogP contribution >= 0.6 is 0 Å². The average molecular weight is 276 g/mol. The van der Waals surface area contributed by atoms with Crippen molar-refractivity contribution >= 4 is 12.1 Å². The molecule has 0 saturated heterocycles. The Bertz CT molecular complexity index is 416. The molecule has 0 fully saturated rings. The molecule has 1 aromatic heterocycles. The van der Waals surface area contributed by atoms with E-state index in [4.69, 9.17) is 4.74 Å². The first-order chi connectivity index (χ1) is 8.95. The van der Waals surface area contributed by atoms with Gasteiger partial charge in [0.1, 0.15) is 0 Å². The molecule has 0 aromatic carbocycles. The maximum atomic E-state index is 11.4. The summed E-state index contributed by atoms with van der Waals surface area (Å²) in [6, 6.07) is 0. The Balaban J connectivity index is 2.35. The molecule has 0 spiro atoms. The molecule has 1 atom stereocenters. The van der Waals surface area contributed by atoms with Crippen molar-refractivity contribution in [1.29, 1.82) is 0 Å². The van der Waals surface area contributed by atoms with Gasteiger partial charge in [-0.1, -0.05) is 13.8 Å². The Morgan fingerprint density at radius 2 is 1.84 bits per heavy atom. The molecule has 1 unspecified atom stereocenters. The monoisotopic (exact) mass is 276 g/mol. The molecule has 1 aromatic rings. The summed E-state index contributed by atoms with van der Waals surface area (Å²) in [5, 5.41) is 0.